The molecule has 2 heterocycles. The van der Waals surface area contributed by atoms with Crippen molar-refractivity contribution >= 4 is 41.0 Å². The first-order valence-electron chi connectivity index (χ1n) is 8.45. The van der Waals surface area contributed by atoms with Gasteiger partial charge in [0.15, 0.2) is 0 Å². The largest absolute Gasteiger partial charge is 0.497 e. The Bertz CT molecular complexity index is 917. The van der Waals surface area contributed by atoms with Gasteiger partial charge < -0.3 is 14.5 Å². The Kier molecular flexibility index (Phi) is 6.33. The summed E-state index contributed by atoms with van der Waals surface area (Å²) in [5.74, 6) is 0.565. The summed E-state index contributed by atoms with van der Waals surface area (Å²) in [4.78, 5) is 37.8. The van der Waals surface area contributed by atoms with Gasteiger partial charge in [-0.2, -0.15) is 0 Å². The molecule has 28 heavy (non-hydrogen) atoms. The van der Waals surface area contributed by atoms with Crippen LogP contribution in [0.1, 0.15) is 11.3 Å². The molecular formula is C20H18N2O5S. The molecule has 144 valence electrons. The van der Waals surface area contributed by atoms with Crippen molar-refractivity contribution in [1.82, 2.24) is 10.2 Å². The van der Waals surface area contributed by atoms with Gasteiger partial charge in [-0.25, -0.2) is 0 Å². The molecule has 0 bridgehead atoms. The number of methoxy groups -OCH3 is 1. The van der Waals surface area contributed by atoms with Gasteiger partial charge in [0.25, 0.3) is 11.1 Å². The summed E-state index contributed by atoms with van der Waals surface area (Å²) in [6, 6.07) is 10.6. The van der Waals surface area contributed by atoms with Crippen molar-refractivity contribution in [1.29, 1.82) is 0 Å². The van der Waals surface area contributed by atoms with Crippen LogP contribution in [0, 0.1) is 0 Å². The van der Waals surface area contributed by atoms with Gasteiger partial charge in [0.05, 0.1) is 18.3 Å². The van der Waals surface area contributed by atoms with E-state index in [0.29, 0.717) is 16.4 Å². The number of ether oxygens (including phenoxy) is 1. The summed E-state index contributed by atoms with van der Waals surface area (Å²) >= 11 is 0.882. The molecule has 1 aliphatic rings. The second-order valence-corrected chi connectivity index (χ2v) is 6.74. The van der Waals surface area contributed by atoms with Crippen LogP contribution in [0.2, 0.25) is 0 Å². The maximum absolute atomic E-state index is 12.5. The number of thioether (sulfide) groups is 1. The van der Waals surface area contributed by atoms with Crippen molar-refractivity contribution in [3.63, 3.8) is 0 Å². The van der Waals surface area contributed by atoms with E-state index in [-0.39, 0.29) is 30.1 Å². The lowest BCUT2D eigenvalue weighted by Crippen LogP contribution is -2.36. The Labute approximate surface area is 166 Å². The predicted octanol–water partition coefficient (Wildman–Crippen LogP) is 3.15. The molecule has 7 nitrogen and oxygen atoms in total. The molecule has 0 unspecified atom stereocenters. The number of imide groups is 1. The molecule has 1 fully saturated rings. The molecule has 0 saturated carbocycles. The zero-order chi connectivity index (χ0) is 19.9. The summed E-state index contributed by atoms with van der Waals surface area (Å²) in [7, 11) is 1.58. The van der Waals surface area contributed by atoms with Gasteiger partial charge in [0.1, 0.15) is 11.5 Å². The topological polar surface area (TPSA) is 88.8 Å². The number of amides is 3. The fourth-order valence-corrected chi connectivity index (χ4v) is 3.30. The number of nitrogens with one attached hydrogen (secondary N) is 1. The highest BCUT2D eigenvalue weighted by Gasteiger charge is 2.34. The number of hydrogen-bond donors (Lipinski definition) is 1. The molecule has 0 aliphatic carbocycles. The van der Waals surface area contributed by atoms with Gasteiger partial charge in [-0.1, -0.05) is 12.1 Å². The maximum Gasteiger partial charge on any atom is 0.293 e. The summed E-state index contributed by atoms with van der Waals surface area (Å²) in [6.45, 7) is 0.264. The highest BCUT2D eigenvalue weighted by atomic mass is 32.2. The van der Waals surface area contributed by atoms with Crippen LogP contribution in [0.4, 0.5) is 4.79 Å². The number of furan rings is 1. The van der Waals surface area contributed by atoms with Crippen LogP contribution in [-0.2, 0) is 9.59 Å². The molecule has 1 N–H and O–H groups in total. The third-order valence-electron chi connectivity index (χ3n) is 3.86. The van der Waals surface area contributed by atoms with Gasteiger partial charge in [-0.05, 0) is 53.7 Å². The lowest BCUT2D eigenvalue weighted by molar-refractivity contribution is -0.123. The average molecular weight is 398 g/mol. The zero-order valence-corrected chi connectivity index (χ0v) is 15.9. The van der Waals surface area contributed by atoms with Crippen LogP contribution in [0.3, 0.4) is 0 Å². The number of rotatable bonds is 7. The third kappa shape index (κ3) is 4.92. The molecule has 1 aliphatic heterocycles. The predicted molar refractivity (Wildman–Crippen MR) is 106 cm³/mol. The van der Waals surface area contributed by atoms with Gasteiger partial charge in [-0.15, -0.1) is 0 Å². The van der Waals surface area contributed by atoms with Crippen LogP contribution in [-0.4, -0.2) is 42.2 Å². The Morgan fingerprint density at radius 1 is 1.25 bits per heavy atom. The van der Waals surface area contributed by atoms with Crippen LogP contribution in [0.5, 0.6) is 5.75 Å². The molecule has 1 aromatic heterocycles. The van der Waals surface area contributed by atoms with Crippen molar-refractivity contribution in [2.75, 3.05) is 20.2 Å². The van der Waals surface area contributed by atoms with E-state index >= 15 is 0 Å². The summed E-state index contributed by atoms with van der Waals surface area (Å²) in [5, 5.41) is 2.28. The minimum atomic E-state index is -0.369. The fraction of sp³-hybridized carbons (Fsp3) is 0.150. The van der Waals surface area contributed by atoms with Crippen molar-refractivity contribution in [2.45, 2.75) is 0 Å². The normalized spacial score (nSPS) is 15.6. The molecule has 1 aromatic carbocycles. The first-order chi connectivity index (χ1) is 13.6. The Morgan fingerprint density at radius 3 is 2.71 bits per heavy atom. The van der Waals surface area contributed by atoms with Crippen LogP contribution >= 0.6 is 11.8 Å². The van der Waals surface area contributed by atoms with Crippen molar-refractivity contribution < 1.29 is 23.5 Å². The smallest absolute Gasteiger partial charge is 0.293 e. The quantitative estimate of drug-likeness (QED) is 0.721. The zero-order valence-electron chi connectivity index (χ0n) is 15.1. The van der Waals surface area contributed by atoms with E-state index in [1.165, 1.54) is 18.4 Å². The third-order valence-corrected chi connectivity index (χ3v) is 4.77. The highest BCUT2D eigenvalue weighted by Crippen LogP contribution is 2.32. The monoisotopic (exact) mass is 398 g/mol. The summed E-state index contributed by atoms with van der Waals surface area (Å²) in [6.07, 6.45) is 6.04. The Balaban J connectivity index is 1.53. The highest BCUT2D eigenvalue weighted by molar-refractivity contribution is 8.18. The first-order valence-corrected chi connectivity index (χ1v) is 9.27. The summed E-state index contributed by atoms with van der Waals surface area (Å²) < 4.78 is 10.2. The molecule has 0 spiro atoms. The van der Waals surface area contributed by atoms with Crippen LogP contribution in [0.15, 0.2) is 58.1 Å². The van der Waals surface area contributed by atoms with Crippen molar-refractivity contribution in [3.8, 4) is 5.75 Å². The first kappa shape index (κ1) is 19.5. The molecular weight excluding hydrogens is 380 g/mol. The SMILES string of the molecule is COc1ccc(C=C2SC(=O)N(CCNC(=O)C=Cc3ccco3)C2=O)cc1. The molecule has 8 heteroatoms. The van der Waals surface area contributed by atoms with Gasteiger partial charge in [0.2, 0.25) is 5.91 Å². The van der Waals surface area contributed by atoms with E-state index in [9.17, 15) is 14.4 Å². The Hall–Kier alpha value is -3.26. The van der Waals surface area contributed by atoms with Crippen molar-refractivity contribution in [2.24, 2.45) is 0 Å². The van der Waals surface area contributed by atoms with E-state index in [0.717, 1.165) is 22.2 Å². The van der Waals surface area contributed by atoms with Crippen LogP contribution < -0.4 is 10.1 Å². The number of carbonyl (C=O) groups is 3. The van der Waals surface area contributed by atoms with E-state index < -0.39 is 0 Å². The van der Waals surface area contributed by atoms with Gasteiger partial charge in [-0.3, -0.25) is 19.3 Å². The lowest BCUT2D eigenvalue weighted by atomic mass is 10.2. The van der Waals surface area contributed by atoms with Crippen molar-refractivity contribution in [3.05, 3.63) is 65.0 Å². The minimum absolute atomic E-state index is 0.102. The standard InChI is InChI=1S/C20H18N2O5S/c1-26-15-6-4-14(5-7-15)13-17-19(24)22(20(25)28-17)11-10-21-18(23)9-8-16-3-2-12-27-16/h2-9,12-13H,10-11H2,1H3,(H,21,23). The number of benzene rings is 1. The van der Waals surface area contributed by atoms with Gasteiger partial charge in [0, 0.05) is 19.2 Å². The fourth-order valence-electron chi connectivity index (χ4n) is 2.44. The van der Waals surface area contributed by atoms with Crippen LogP contribution in [0.25, 0.3) is 12.2 Å². The molecule has 2 aromatic rings. The van der Waals surface area contributed by atoms with E-state index in [2.05, 4.69) is 5.32 Å². The summed E-state index contributed by atoms with van der Waals surface area (Å²) in [5.41, 5.74) is 0.794. The number of carbonyl (C=O) groups excluding carboxylic acids is 3. The minimum Gasteiger partial charge on any atom is -0.497 e. The van der Waals surface area contributed by atoms with Gasteiger partial charge >= 0.3 is 0 Å². The van der Waals surface area contributed by atoms with E-state index in [1.807, 2.05) is 0 Å². The molecule has 1 saturated heterocycles. The second kappa shape index (κ2) is 9.09. The number of nitrogens with zero attached hydrogens (tertiary/aromatic N) is 1. The maximum atomic E-state index is 12.5. The number of hydrogen-bond acceptors (Lipinski definition) is 6. The second-order valence-electron chi connectivity index (χ2n) is 5.75. The average Bonchev–Trinajstić information content (AvgIpc) is 3.31. The molecule has 3 amide bonds. The lowest BCUT2D eigenvalue weighted by Gasteiger charge is -2.12. The molecule has 0 radical (unpaired) electrons. The Morgan fingerprint density at radius 2 is 2.04 bits per heavy atom. The molecule has 3 rings (SSSR count). The van der Waals surface area contributed by atoms with E-state index in [1.54, 1.807) is 49.6 Å². The van der Waals surface area contributed by atoms with E-state index in [4.69, 9.17) is 9.15 Å². The molecule has 0 atom stereocenters.